The topological polar surface area (TPSA) is 212 Å². The molecule has 0 saturated heterocycles. The lowest BCUT2D eigenvalue weighted by Gasteiger charge is -2.24. The van der Waals surface area contributed by atoms with Gasteiger partial charge in [0.05, 0.1) is 0 Å². The molecule has 44 heavy (non-hydrogen) atoms. The second-order valence-corrected chi connectivity index (χ2v) is 10.4. The SMILES string of the molecule is CC(NC(=O)C(NC(=O)CCCCCN1C(=O)C=CC1=O)C(C)C)C(=O)Nc1ccc(COC(=O)NCCNC(=O)O)cc1. The molecule has 2 atom stereocenters. The summed E-state index contributed by atoms with van der Waals surface area (Å²) in [5.41, 5.74) is 1.10. The number of carbonyl (C=O) groups excluding carboxylic acids is 6. The van der Waals surface area contributed by atoms with E-state index in [4.69, 9.17) is 9.84 Å². The highest BCUT2D eigenvalue weighted by Gasteiger charge is 2.27. The quantitative estimate of drug-likeness (QED) is 0.110. The van der Waals surface area contributed by atoms with Gasteiger partial charge < -0.3 is 36.4 Å². The van der Waals surface area contributed by atoms with E-state index in [-0.39, 0.29) is 56.3 Å². The van der Waals surface area contributed by atoms with Gasteiger partial charge in [-0.25, -0.2) is 9.59 Å². The Labute approximate surface area is 255 Å². The Balaban J connectivity index is 1.72. The molecule has 240 valence electrons. The van der Waals surface area contributed by atoms with E-state index < -0.39 is 36.1 Å². The van der Waals surface area contributed by atoms with Crippen LogP contribution in [0.15, 0.2) is 36.4 Å². The van der Waals surface area contributed by atoms with Crippen molar-refractivity contribution in [3.8, 4) is 0 Å². The summed E-state index contributed by atoms with van der Waals surface area (Å²) in [6.45, 7) is 5.43. The summed E-state index contributed by atoms with van der Waals surface area (Å²) in [7, 11) is 0. The second-order valence-electron chi connectivity index (χ2n) is 10.4. The van der Waals surface area contributed by atoms with Crippen molar-refractivity contribution in [2.24, 2.45) is 5.92 Å². The molecule has 1 aliphatic heterocycles. The number of rotatable bonds is 17. The van der Waals surface area contributed by atoms with Gasteiger partial charge in [-0.1, -0.05) is 32.4 Å². The Kier molecular flexibility index (Phi) is 14.3. The number of unbranched alkanes of at least 4 members (excludes halogenated alkanes) is 2. The van der Waals surface area contributed by atoms with Crippen LogP contribution in [0.5, 0.6) is 0 Å². The zero-order valence-corrected chi connectivity index (χ0v) is 25.0. The molecule has 1 aromatic carbocycles. The number of benzene rings is 1. The lowest BCUT2D eigenvalue weighted by Crippen LogP contribution is -2.53. The Hall–Kier alpha value is -4.95. The summed E-state index contributed by atoms with van der Waals surface area (Å²) < 4.78 is 5.05. The van der Waals surface area contributed by atoms with Crippen LogP contribution in [-0.4, -0.2) is 83.4 Å². The summed E-state index contributed by atoms with van der Waals surface area (Å²) in [6, 6.07) is 4.74. The molecular formula is C29H40N6O9. The van der Waals surface area contributed by atoms with E-state index in [0.717, 1.165) is 4.90 Å². The monoisotopic (exact) mass is 616 g/mol. The van der Waals surface area contributed by atoms with Gasteiger partial charge in [0.2, 0.25) is 17.7 Å². The Bertz CT molecular complexity index is 1210. The maximum atomic E-state index is 12.9. The van der Waals surface area contributed by atoms with E-state index in [1.165, 1.54) is 19.1 Å². The number of carbonyl (C=O) groups is 7. The molecule has 0 saturated carbocycles. The van der Waals surface area contributed by atoms with Gasteiger partial charge in [-0.05, 0) is 43.4 Å². The number of ether oxygens (including phenoxy) is 1. The maximum Gasteiger partial charge on any atom is 0.407 e. The van der Waals surface area contributed by atoms with Gasteiger partial charge in [0, 0.05) is 43.9 Å². The van der Waals surface area contributed by atoms with Crippen LogP contribution >= 0.6 is 0 Å². The van der Waals surface area contributed by atoms with Crippen molar-refractivity contribution in [1.82, 2.24) is 26.2 Å². The van der Waals surface area contributed by atoms with Crippen LogP contribution in [0.4, 0.5) is 15.3 Å². The van der Waals surface area contributed by atoms with Crippen LogP contribution in [-0.2, 0) is 35.3 Å². The number of carboxylic acid groups (broad SMARTS) is 1. The van der Waals surface area contributed by atoms with Crippen molar-refractivity contribution in [3.63, 3.8) is 0 Å². The van der Waals surface area contributed by atoms with Gasteiger partial charge in [-0.2, -0.15) is 0 Å². The van der Waals surface area contributed by atoms with Crippen LogP contribution in [0.1, 0.15) is 52.0 Å². The third-order valence-corrected chi connectivity index (χ3v) is 6.47. The number of nitrogens with zero attached hydrogens (tertiary/aromatic N) is 1. The van der Waals surface area contributed by atoms with E-state index in [0.29, 0.717) is 30.5 Å². The molecule has 0 bridgehead atoms. The molecule has 15 nitrogen and oxygen atoms in total. The second kappa shape index (κ2) is 17.9. The molecule has 1 aliphatic rings. The van der Waals surface area contributed by atoms with Crippen LogP contribution in [0.2, 0.25) is 0 Å². The molecular weight excluding hydrogens is 576 g/mol. The normalized spacial score (nSPS) is 13.7. The first-order chi connectivity index (χ1) is 20.9. The molecule has 0 aliphatic carbocycles. The number of hydrogen-bond donors (Lipinski definition) is 6. The van der Waals surface area contributed by atoms with E-state index in [2.05, 4.69) is 26.6 Å². The largest absolute Gasteiger partial charge is 0.465 e. The van der Waals surface area contributed by atoms with E-state index in [1.54, 1.807) is 38.1 Å². The fourth-order valence-corrected chi connectivity index (χ4v) is 4.00. The summed E-state index contributed by atoms with van der Waals surface area (Å²) in [4.78, 5) is 84.4. The van der Waals surface area contributed by atoms with Crippen molar-refractivity contribution < 1.29 is 43.4 Å². The number of hydrogen-bond acceptors (Lipinski definition) is 8. The first kappa shape index (κ1) is 35.2. The van der Waals surface area contributed by atoms with Gasteiger partial charge in [-0.3, -0.25) is 28.9 Å². The van der Waals surface area contributed by atoms with Crippen LogP contribution in [0, 0.1) is 5.92 Å². The minimum atomic E-state index is -1.19. The molecule has 1 heterocycles. The van der Waals surface area contributed by atoms with Gasteiger partial charge in [-0.15, -0.1) is 0 Å². The van der Waals surface area contributed by atoms with Crippen LogP contribution in [0.25, 0.3) is 0 Å². The number of imide groups is 1. The fraction of sp³-hybridized carbons (Fsp3) is 0.483. The number of nitrogens with one attached hydrogen (secondary N) is 5. The number of amides is 7. The van der Waals surface area contributed by atoms with E-state index in [1.807, 2.05) is 0 Å². The molecule has 2 rings (SSSR count). The third-order valence-electron chi connectivity index (χ3n) is 6.47. The summed E-state index contributed by atoms with van der Waals surface area (Å²) in [6.07, 6.45) is 2.43. The minimum Gasteiger partial charge on any atom is -0.465 e. The summed E-state index contributed by atoms with van der Waals surface area (Å²) >= 11 is 0. The van der Waals surface area contributed by atoms with Gasteiger partial charge in [0.1, 0.15) is 18.7 Å². The highest BCUT2D eigenvalue weighted by Crippen LogP contribution is 2.12. The van der Waals surface area contributed by atoms with Crippen molar-refractivity contribution in [1.29, 1.82) is 0 Å². The molecule has 0 spiro atoms. The van der Waals surface area contributed by atoms with Gasteiger partial charge >= 0.3 is 12.2 Å². The molecule has 15 heteroatoms. The lowest BCUT2D eigenvalue weighted by molar-refractivity contribution is -0.137. The molecule has 2 unspecified atom stereocenters. The van der Waals surface area contributed by atoms with Gasteiger partial charge in [0.15, 0.2) is 0 Å². The average Bonchev–Trinajstić information content (AvgIpc) is 3.29. The standard InChI is InChI=1S/C29H40N6O9/c1-18(2)25(34-22(36)7-5-4-6-16-35-23(37)12-13-24(35)38)27(40)32-19(3)26(39)33-21-10-8-20(9-11-21)17-44-29(43)31-15-14-30-28(41)42/h8-13,18-19,25,30H,4-7,14-17H2,1-3H3,(H,31,43)(H,32,40)(H,33,39)(H,34,36)(H,41,42). The predicted octanol–water partition coefficient (Wildman–Crippen LogP) is 1.25. The van der Waals surface area contributed by atoms with Crippen LogP contribution < -0.4 is 26.6 Å². The lowest BCUT2D eigenvalue weighted by atomic mass is 10.0. The average molecular weight is 617 g/mol. The zero-order chi connectivity index (χ0) is 32.6. The smallest absolute Gasteiger partial charge is 0.407 e. The van der Waals surface area contributed by atoms with Crippen molar-refractivity contribution in [2.45, 2.75) is 65.1 Å². The van der Waals surface area contributed by atoms with Gasteiger partial charge in [0.25, 0.3) is 11.8 Å². The highest BCUT2D eigenvalue weighted by molar-refractivity contribution is 6.12. The highest BCUT2D eigenvalue weighted by atomic mass is 16.5. The van der Waals surface area contributed by atoms with E-state index in [9.17, 15) is 33.6 Å². The Morgan fingerprint density at radius 2 is 1.48 bits per heavy atom. The predicted molar refractivity (Wildman–Crippen MR) is 158 cm³/mol. The zero-order valence-electron chi connectivity index (χ0n) is 25.0. The first-order valence-electron chi connectivity index (χ1n) is 14.3. The molecule has 1 aromatic rings. The Morgan fingerprint density at radius 1 is 0.841 bits per heavy atom. The molecule has 0 radical (unpaired) electrons. The van der Waals surface area contributed by atoms with Crippen molar-refractivity contribution in [3.05, 3.63) is 42.0 Å². The minimum absolute atomic E-state index is 0.0408. The van der Waals surface area contributed by atoms with E-state index >= 15 is 0 Å². The number of alkyl carbamates (subject to hydrolysis) is 1. The van der Waals surface area contributed by atoms with Crippen molar-refractivity contribution >= 4 is 47.4 Å². The molecule has 0 aromatic heterocycles. The molecule has 7 amide bonds. The summed E-state index contributed by atoms with van der Waals surface area (Å²) in [5.74, 6) is -2.21. The molecule has 6 N–H and O–H groups in total. The maximum absolute atomic E-state index is 12.9. The first-order valence-corrected chi connectivity index (χ1v) is 14.3. The third kappa shape index (κ3) is 12.5. The summed E-state index contributed by atoms with van der Waals surface area (Å²) in [5, 5.41) is 21.0. The van der Waals surface area contributed by atoms with Crippen molar-refractivity contribution in [2.75, 3.05) is 25.0 Å². The molecule has 0 fully saturated rings. The fourth-order valence-electron chi connectivity index (χ4n) is 4.00. The number of anilines is 1. The van der Waals surface area contributed by atoms with Crippen LogP contribution in [0.3, 0.4) is 0 Å². The Morgan fingerprint density at radius 3 is 2.09 bits per heavy atom.